The Morgan fingerprint density at radius 2 is 1.61 bits per heavy atom. The quantitative estimate of drug-likeness (QED) is 0.500. The summed E-state index contributed by atoms with van der Waals surface area (Å²) in [5, 5.41) is 0.599. The van der Waals surface area contributed by atoms with Gasteiger partial charge in [-0.15, -0.1) is 0 Å². The molecule has 0 atom stereocenters. The smallest absolute Gasteiger partial charge is 0.263 e. The second kappa shape index (κ2) is 7.87. The van der Waals surface area contributed by atoms with Gasteiger partial charge < -0.3 is 0 Å². The van der Waals surface area contributed by atoms with E-state index in [1.807, 2.05) is 0 Å². The van der Waals surface area contributed by atoms with Gasteiger partial charge in [-0.1, -0.05) is 34.8 Å². The lowest BCUT2D eigenvalue weighted by molar-refractivity contribution is 0.600. The molecule has 146 valence electrons. The van der Waals surface area contributed by atoms with Crippen molar-refractivity contribution in [2.45, 2.75) is 18.7 Å². The van der Waals surface area contributed by atoms with Gasteiger partial charge in [-0.25, -0.2) is 17.8 Å². The van der Waals surface area contributed by atoms with E-state index in [0.717, 1.165) is 0 Å². The molecule has 28 heavy (non-hydrogen) atoms. The Kier molecular flexibility index (Phi) is 5.87. The molecule has 0 spiro atoms. The van der Waals surface area contributed by atoms with Crippen molar-refractivity contribution >= 4 is 50.6 Å². The van der Waals surface area contributed by atoms with Gasteiger partial charge in [0, 0.05) is 21.8 Å². The molecule has 0 unspecified atom stereocenters. The predicted molar refractivity (Wildman–Crippen MR) is 111 cm³/mol. The highest BCUT2D eigenvalue weighted by molar-refractivity contribution is 7.92. The lowest BCUT2D eigenvalue weighted by atomic mass is 10.0. The number of aromatic nitrogens is 1. The predicted octanol–water partition coefficient (Wildman–Crippen LogP) is 6.27. The summed E-state index contributed by atoms with van der Waals surface area (Å²) in [5.41, 5.74) is 2.19. The SMILES string of the molecule is Cc1cc(Cl)cc(Cl)c1S(=O)(=O)Nc1ccc(-c2ccc(F)cc2Cl)c(C)n1. The largest absolute Gasteiger partial charge is 0.264 e. The first kappa shape index (κ1) is 20.9. The molecule has 0 saturated heterocycles. The standard InChI is InChI=1S/C19H14Cl3FN2O2S/c1-10-7-12(20)8-17(22)19(10)28(26,27)25-18-6-5-14(11(2)24-18)15-4-3-13(23)9-16(15)21/h3-9H,1-2H3,(H,24,25). The maximum atomic E-state index is 13.3. The first-order valence-electron chi connectivity index (χ1n) is 8.00. The van der Waals surface area contributed by atoms with E-state index in [-0.39, 0.29) is 20.8 Å². The number of halogens is 4. The maximum Gasteiger partial charge on any atom is 0.264 e. The van der Waals surface area contributed by atoms with Crippen molar-refractivity contribution in [2.75, 3.05) is 4.72 Å². The van der Waals surface area contributed by atoms with Gasteiger partial charge in [0.1, 0.15) is 16.5 Å². The average Bonchev–Trinajstić information content (AvgIpc) is 2.54. The molecule has 3 rings (SSSR count). The molecular weight excluding hydrogens is 446 g/mol. The van der Waals surface area contributed by atoms with Crippen LogP contribution >= 0.6 is 34.8 Å². The van der Waals surface area contributed by atoms with E-state index in [1.165, 1.54) is 30.3 Å². The first-order chi connectivity index (χ1) is 13.1. The molecule has 4 nitrogen and oxygen atoms in total. The van der Waals surface area contributed by atoms with Gasteiger partial charge in [0.25, 0.3) is 10.0 Å². The molecule has 2 aromatic carbocycles. The van der Waals surface area contributed by atoms with Gasteiger partial charge in [-0.3, -0.25) is 4.72 Å². The van der Waals surface area contributed by atoms with Gasteiger partial charge in [-0.05, 0) is 61.9 Å². The Balaban J connectivity index is 1.97. The van der Waals surface area contributed by atoms with E-state index in [4.69, 9.17) is 34.8 Å². The summed E-state index contributed by atoms with van der Waals surface area (Å²) in [6.07, 6.45) is 0. The van der Waals surface area contributed by atoms with Crippen molar-refractivity contribution in [1.29, 1.82) is 0 Å². The van der Waals surface area contributed by atoms with E-state index in [0.29, 0.717) is 27.4 Å². The molecule has 1 N–H and O–H groups in total. The summed E-state index contributed by atoms with van der Waals surface area (Å²) in [5.74, 6) is -0.330. The minimum absolute atomic E-state index is 0.0175. The minimum Gasteiger partial charge on any atom is -0.263 e. The highest BCUT2D eigenvalue weighted by atomic mass is 35.5. The second-order valence-corrected chi connectivity index (χ2v) is 8.96. The number of benzene rings is 2. The lowest BCUT2D eigenvalue weighted by Gasteiger charge is -2.14. The van der Waals surface area contributed by atoms with Crippen LogP contribution in [0.5, 0.6) is 0 Å². The molecule has 0 aliphatic carbocycles. The van der Waals surface area contributed by atoms with Crippen molar-refractivity contribution in [3.63, 3.8) is 0 Å². The van der Waals surface area contributed by atoms with Crippen molar-refractivity contribution in [3.05, 3.63) is 74.6 Å². The van der Waals surface area contributed by atoms with Crippen LogP contribution in [0, 0.1) is 19.7 Å². The molecule has 0 amide bonds. The molecule has 0 fully saturated rings. The normalized spacial score (nSPS) is 11.5. The summed E-state index contributed by atoms with van der Waals surface area (Å²) in [6, 6.07) is 10.1. The van der Waals surface area contributed by atoms with Crippen molar-refractivity contribution in [3.8, 4) is 11.1 Å². The number of hydrogen-bond donors (Lipinski definition) is 1. The summed E-state index contributed by atoms with van der Waals surface area (Å²) in [4.78, 5) is 4.22. The fourth-order valence-corrected chi connectivity index (χ4v) is 5.29. The Labute approximate surface area is 177 Å². The number of nitrogens with zero attached hydrogens (tertiary/aromatic N) is 1. The molecule has 0 radical (unpaired) electrons. The summed E-state index contributed by atoms with van der Waals surface area (Å²) in [6.45, 7) is 3.30. The van der Waals surface area contributed by atoms with Crippen molar-refractivity contribution in [2.24, 2.45) is 0 Å². The zero-order valence-corrected chi connectivity index (χ0v) is 17.8. The third-order valence-corrected chi connectivity index (χ3v) is 6.51. The first-order valence-corrected chi connectivity index (χ1v) is 10.6. The molecule has 0 bridgehead atoms. The monoisotopic (exact) mass is 458 g/mol. The molecule has 3 aromatic rings. The molecule has 0 aliphatic rings. The fraction of sp³-hybridized carbons (Fsp3) is 0.105. The van der Waals surface area contributed by atoms with Gasteiger partial charge in [0.15, 0.2) is 0 Å². The summed E-state index contributed by atoms with van der Waals surface area (Å²) in [7, 11) is -3.98. The third-order valence-electron chi connectivity index (χ3n) is 4.01. The van der Waals surface area contributed by atoms with Gasteiger partial charge >= 0.3 is 0 Å². The fourth-order valence-electron chi connectivity index (χ4n) is 2.83. The Hall–Kier alpha value is -1.86. The molecule has 0 aliphatic heterocycles. The second-order valence-electron chi connectivity index (χ2n) is 6.09. The molecule has 9 heteroatoms. The summed E-state index contributed by atoms with van der Waals surface area (Å²) < 4.78 is 41.2. The molecule has 0 saturated carbocycles. The van der Waals surface area contributed by atoms with Crippen molar-refractivity contribution in [1.82, 2.24) is 4.98 Å². The number of aryl methyl sites for hydroxylation is 2. The van der Waals surface area contributed by atoms with E-state index in [1.54, 1.807) is 26.0 Å². The van der Waals surface area contributed by atoms with E-state index in [2.05, 4.69) is 9.71 Å². The number of nitrogens with one attached hydrogen (secondary N) is 1. The number of sulfonamides is 1. The Morgan fingerprint density at radius 1 is 0.929 bits per heavy atom. The van der Waals surface area contributed by atoms with E-state index >= 15 is 0 Å². The van der Waals surface area contributed by atoms with Crippen LogP contribution < -0.4 is 4.72 Å². The van der Waals surface area contributed by atoms with Crippen LogP contribution in [0.2, 0.25) is 15.1 Å². The van der Waals surface area contributed by atoms with Crippen LogP contribution in [0.25, 0.3) is 11.1 Å². The maximum absolute atomic E-state index is 13.3. The van der Waals surface area contributed by atoms with E-state index < -0.39 is 15.8 Å². The van der Waals surface area contributed by atoms with Crippen LogP contribution in [0.3, 0.4) is 0 Å². The van der Waals surface area contributed by atoms with E-state index in [9.17, 15) is 12.8 Å². The van der Waals surface area contributed by atoms with Crippen molar-refractivity contribution < 1.29 is 12.8 Å². The highest BCUT2D eigenvalue weighted by Crippen LogP contribution is 2.33. The minimum atomic E-state index is -3.98. The molecular formula is C19H14Cl3FN2O2S. The number of pyridine rings is 1. The average molecular weight is 460 g/mol. The van der Waals surface area contributed by atoms with Crippen LogP contribution in [0.4, 0.5) is 10.2 Å². The zero-order valence-electron chi connectivity index (χ0n) is 14.7. The van der Waals surface area contributed by atoms with Gasteiger partial charge in [0.05, 0.1) is 10.0 Å². The van der Waals surface area contributed by atoms with Crippen LogP contribution in [-0.2, 0) is 10.0 Å². The topological polar surface area (TPSA) is 59.1 Å². The van der Waals surface area contributed by atoms with Gasteiger partial charge in [0.2, 0.25) is 0 Å². The lowest BCUT2D eigenvalue weighted by Crippen LogP contribution is -2.16. The van der Waals surface area contributed by atoms with Crippen LogP contribution in [0.15, 0.2) is 47.4 Å². The third kappa shape index (κ3) is 4.25. The van der Waals surface area contributed by atoms with Crippen LogP contribution in [0.1, 0.15) is 11.3 Å². The van der Waals surface area contributed by atoms with Crippen LogP contribution in [-0.4, -0.2) is 13.4 Å². The number of hydrogen-bond acceptors (Lipinski definition) is 3. The molecule has 1 aromatic heterocycles. The zero-order chi connectivity index (χ0) is 20.6. The number of rotatable bonds is 4. The summed E-state index contributed by atoms with van der Waals surface area (Å²) >= 11 is 18.1. The number of anilines is 1. The molecule has 1 heterocycles. The Morgan fingerprint density at radius 3 is 2.21 bits per heavy atom. The van der Waals surface area contributed by atoms with Gasteiger partial charge in [-0.2, -0.15) is 0 Å². The Bertz CT molecular complexity index is 1160. The highest BCUT2D eigenvalue weighted by Gasteiger charge is 2.22.